The van der Waals surface area contributed by atoms with Crippen molar-refractivity contribution in [1.29, 1.82) is 0 Å². The Morgan fingerprint density at radius 3 is 2.62 bits per heavy atom. The highest BCUT2D eigenvalue weighted by Gasteiger charge is 2.21. The number of benzene rings is 1. The first-order valence-corrected chi connectivity index (χ1v) is 6.38. The maximum atomic E-state index is 11.2. The van der Waals surface area contributed by atoms with Crippen molar-refractivity contribution in [3.05, 3.63) is 34.3 Å². The summed E-state index contributed by atoms with van der Waals surface area (Å²) in [4.78, 5) is 11.2. The van der Waals surface area contributed by atoms with E-state index in [2.05, 4.69) is 21.2 Å². The fourth-order valence-electron chi connectivity index (χ4n) is 1.57. The minimum absolute atomic E-state index is 0.000606. The number of carbonyl (C=O) groups excluding carboxylic acids is 1. The van der Waals surface area contributed by atoms with Crippen molar-refractivity contribution < 1.29 is 4.79 Å². The second-order valence-electron chi connectivity index (χ2n) is 4.33. The molecule has 4 heteroatoms. The van der Waals surface area contributed by atoms with E-state index < -0.39 is 0 Å². The standard InChI is InChI=1S/C12H15BrClNO/c1-12(2,15-11(16)8-14)7-9-5-3-4-6-10(9)13/h3-6H,7-8H2,1-2H3,(H,15,16). The highest BCUT2D eigenvalue weighted by atomic mass is 79.9. The Labute approximate surface area is 110 Å². The second kappa shape index (κ2) is 5.69. The van der Waals surface area contributed by atoms with E-state index in [-0.39, 0.29) is 17.3 Å². The highest BCUT2D eigenvalue weighted by molar-refractivity contribution is 9.10. The number of carbonyl (C=O) groups is 1. The van der Waals surface area contributed by atoms with Gasteiger partial charge >= 0.3 is 0 Å². The van der Waals surface area contributed by atoms with Crippen LogP contribution in [0.3, 0.4) is 0 Å². The highest BCUT2D eigenvalue weighted by Crippen LogP contribution is 2.21. The third kappa shape index (κ3) is 4.14. The van der Waals surface area contributed by atoms with Gasteiger partial charge in [-0.05, 0) is 31.9 Å². The lowest BCUT2D eigenvalue weighted by molar-refractivity contribution is -0.120. The van der Waals surface area contributed by atoms with E-state index in [1.54, 1.807) is 0 Å². The number of rotatable bonds is 4. The molecule has 1 aromatic rings. The zero-order valence-corrected chi connectivity index (χ0v) is 11.7. The van der Waals surface area contributed by atoms with E-state index in [0.29, 0.717) is 0 Å². The fraction of sp³-hybridized carbons (Fsp3) is 0.417. The molecule has 0 spiro atoms. The molecule has 1 rings (SSSR count). The first-order valence-electron chi connectivity index (χ1n) is 5.05. The van der Waals surface area contributed by atoms with Crippen molar-refractivity contribution in [3.8, 4) is 0 Å². The number of halogens is 2. The minimum atomic E-state index is -0.296. The number of hydrogen-bond donors (Lipinski definition) is 1. The molecule has 0 unspecified atom stereocenters. The van der Waals surface area contributed by atoms with Gasteiger partial charge in [0.2, 0.25) is 5.91 Å². The zero-order chi connectivity index (χ0) is 12.2. The number of nitrogens with one attached hydrogen (secondary N) is 1. The van der Waals surface area contributed by atoms with Crippen LogP contribution in [0.15, 0.2) is 28.7 Å². The molecule has 0 fully saturated rings. The Morgan fingerprint density at radius 2 is 2.06 bits per heavy atom. The molecule has 0 aromatic heterocycles. The number of amides is 1. The molecule has 2 nitrogen and oxygen atoms in total. The molecule has 0 bridgehead atoms. The van der Waals surface area contributed by atoms with Gasteiger partial charge in [0.15, 0.2) is 0 Å². The average Bonchev–Trinajstić information content (AvgIpc) is 2.20. The second-order valence-corrected chi connectivity index (χ2v) is 5.46. The van der Waals surface area contributed by atoms with Gasteiger partial charge in [-0.2, -0.15) is 0 Å². The van der Waals surface area contributed by atoms with Crippen molar-refractivity contribution in [2.24, 2.45) is 0 Å². The summed E-state index contributed by atoms with van der Waals surface area (Å²) >= 11 is 8.96. The predicted molar refractivity (Wildman–Crippen MR) is 70.8 cm³/mol. The predicted octanol–water partition coefficient (Wildman–Crippen LogP) is 3.13. The Balaban J connectivity index is 2.72. The van der Waals surface area contributed by atoms with Crippen LogP contribution in [0.25, 0.3) is 0 Å². The molecular weight excluding hydrogens is 289 g/mol. The molecule has 0 aliphatic heterocycles. The van der Waals surface area contributed by atoms with Gasteiger partial charge in [-0.3, -0.25) is 4.79 Å². The summed E-state index contributed by atoms with van der Waals surface area (Å²) in [6, 6.07) is 7.99. The molecule has 0 aliphatic carbocycles. The lowest BCUT2D eigenvalue weighted by Crippen LogP contribution is -2.45. The van der Waals surface area contributed by atoms with Gasteiger partial charge in [0.1, 0.15) is 5.88 Å². The Bertz CT molecular complexity index is 379. The topological polar surface area (TPSA) is 29.1 Å². The van der Waals surface area contributed by atoms with Gasteiger partial charge in [-0.15, -0.1) is 11.6 Å². The molecule has 1 aromatic carbocycles. The van der Waals surface area contributed by atoms with Gasteiger partial charge in [0.05, 0.1) is 0 Å². The molecule has 0 aliphatic rings. The van der Waals surface area contributed by atoms with Gasteiger partial charge in [0.25, 0.3) is 0 Å². The smallest absolute Gasteiger partial charge is 0.235 e. The van der Waals surface area contributed by atoms with Crippen molar-refractivity contribution in [2.45, 2.75) is 25.8 Å². The van der Waals surface area contributed by atoms with Crippen LogP contribution in [0, 0.1) is 0 Å². The van der Waals surface area contributed by atoms with Crippen LogP contribution in [-0.4, -0.2) is 17.3 Å². The van der Waals surface area contributed by atoms with Crippen molar-refractivity contribution in [3.63, 3.8) is 0 Å². The lowest BCUT2D eigenvalue weighted by Gasteiger charge is -2.26. The van der Waals surface area contributed by atoms with Gasteiger partial charge in [-0.1, -0.05) is 34.1 Å². The van der Waals surface area contributed by atoms with Crippen LogP contribution in [0.2, 0.25) is 0 Å². The Hall–Kier alpha value is -0.540. The van der Waals surface area contributed by atoms with Crippen LogP contribution in [-0.2, 0) is 11.2 Å². The van der Waals surface area contributed by atoms with Crippen LogP contribution < -0.4 is 5.32 Å². The third-order valence-corrected chi connectivity index (χ3v) is 3.21. The first kappa shape index (κ1) is 13.5. The Kier molecular flexibility index (Phi) is 4.81. The van der Waals surface area contributed by atoms with Crippen LogP contribution in [0.4, 0.5) is 0 Å². The monoisotopic (exact) mass is 303 g/mol. The molecule has 88 valence electrons. The lowest BCUT2D eigenvalue weighted by atomic mass is 9.95. The summed E-state index contributed by atoms with van der Waals surface area (Å²) in [5.41, 5.74) is 0.873. The summed E-state index contributed by atoms with van der Waals surface area (Å²) in [5.74, 6) is -0.141. The van der Waals surface area contributed by atoms with Crippen LogP contribution in [0.5, 0.6) is 0 Å². The molecule has 16 heavy (non-hydrogen) atoms. The molecule has 1 N–H and O–H groups in total. The molecule has 0 heterocycles. The van der Waals surface area contributed by atoms with E-state index in [0.717, 1.165) is 10.9 Å². The van der Waals surface area contributed by atoms with E-state index in [1.807, 2.05) is 38.1 Å². The summed E-state index contributed by atoms with van der Waals surface area (Å²) in [6.07, 6.45) is 0.761. The molecule has 0 atom stereocenters. The zero-order valence-electron chi connectivity index (χ0n) is 9.39. The summed E-state index contributed by atoms with van der Waals surface area (Å²) in [5, 5.41) is 2.89. The maximum Gasteiger partial charge on any atom is 0.235 e. The van der Waals surface area contributed by atoms with Gasteiger partial charge in [0, 0.05) is 10.0 Å². The van der Waals surface area contributed by atoms with Crippen molar-refractivity contribution in [1.82, 2.24) is 5.32 Å². The molecule has 0 saturated heterocycles. The molecule has 0 radical (unpaired) electrons. The third-order valence-electron chi connectivity index (χ3n) is 2.19. The van der Waals surface area contributed by atoms with Crippen LogP contribution in [0.1, 0.15) is 19.4 Å². The summed E-state index contributed by atoms with van der Waals surface area (Å²) in [7, 11) is 0. The molecule has 0 saturated carbocycles. The minimum Gasteiger partial charge on any atom is -0.350 e. The van der Waals surface area contributed by atoms with Crippen molar-refractivity contribution >= 4 is 33.4 Å². The largest absolute Gasteiger partial charge is 0.350 e. The van der Waals surface area contributed by atoms with E-state index in [4.69, 9.17) is 11.6 Å². The fourth-order valence-corrected chi connectivity index (χ4v) is 2.06. The van der Waals surface area contributed by atoms with Crippen molar-refractivity contribution in [2.75, 3.05) is 5.88 Å². The Morgan fingerprint density at radius 1 is 1.44 bits per heavy atom. The SMILES string of the molecule is CC(C)(Cc1ccccc1Br)NC(=O)CCl. The first-order chi connectivity index (χ1) is 7.44. The van der Waals surface area contributed by atoms with E-state index >= 15 is 0 Å². The summed E-state index contributed by atoms with van der Waals surface area (Å²) < 4.78 is 1.06. The quantitative estimate of drug-likeness (QED) is 0.851. The van der Waals surface area contributed by atoms with E-state index in [9.17, 15) is 4.79 Å². The van der Waals surface area contributed by atoms with Crippen LogP contribution >= 0.6 is 27.5 Å². The van der Waals surface area contributed by atoms with E-state index in [1.165, 1.54) is 5.56 Å². The molecular formula is C12H15BrClNO. The average molecular weight is 305 g/mol. The number of alkyl halides is 1. The van der Waals surface area contributed by atoms with Gasteiger partial charge < -0.3 is 5.32 Å². The summed E-state index contributed by atoms with van der Waals surface area (Å²) in [6.45, 7) is 3.97. The normalized spacial score (nSPS) is 11.2. The van der Waals surface area contributed by atoms with Gasteiger partial charge in [-0.25, -0.2) is 0 Å². The maximum absolute atomic E-state index is 11.2. The number of hydrogen-bond acceptors (Lipinski definition) is 1. The molecule has 1 amide bonds.